The van der Waals surface area contributed by atoms with Crippen molar-refractivity contribution in [1.82, 2.24) is 9.97 Å². The summed E-state index contributed by atoms with van der Waals surface area (Å²) in [6.07, 6.45) is 4.39. The summed E-state index contributed by atoms with van der Waals surface area (Å²) in [7, 11) is 0. The van der Waals surface area contributed by atoms with E-state index in [0.29, 0.717) is 11.4 Å². The second-order valence-electron chi connectivity index (χ2n) is 3.11. The molecule has 2 rings (SSSR count). The number of nitrogens with zero attached hydrogens (tertiary/aromatic N) is 2. The topological polar surface area (TPSA) is 35.0 Å². The highest BCUT2D eigenvalue weighted by molar-refractivity contribution is 7.99. The fourth-order valence-corrected chi connectivity index (χ4v) is 2.48. The first-order valence-corrected chi connectivity index (χ1v) is 5.94. The van der Waals surface area contributed by atoms with Crippen molar-refractivity contribution in [1.29, 1.82) is 0 Å². The van der Waals surface area contributed by atoms with Crippen molar-refractivity contribution in [3.63, 3.8) is 0 Å². The largest absolute Gasteiger partial charge is 0.377 e. The zero-order valence-corrected chi connectivity index (χ0v) is 9.22. The molecule has 14 heavy (non-hydrogen) atoms. The quantitative estimate of drug-likeness (QED) is 0.454. The lowest BCUT2D eigenvalue weighted by Gasteiger charge is -2.07. The smallest absolute Gasteiger partial charge is 0.223 e. The van der Waals surface area contributed by atoms with Gasteiger partial charge in [0.1, 0.15) is 5.03 Å². The number of hydrogen-bond donors (Lipinski definition) is 0. The highest BCUT2D eigenvalue weighted by Gasteiger charge is 2.15. The van der Waals surface area contributed by atoms with E-state index in [0.717, 1.165) is 23.8 Å². The average molecular weight is 231 g/mol. The number of hydrogen-bond acceptors (Lipinski definition) is 4. The summed E-state index contributed by atoms with van der Waals surface area (Å²) in [5.41, 5.74) is 0. The van der Waals surface area contributed by atoms with Gasteiger partial charge in [0, 0.05) is 18.6 Å². The molecule has 2 heterocycles. The molecule has 76 valence electrons. The molecule has 3 nitrogen and oxygen atoms in total. The number of halogens is 1. The summed E-state index contributed by atoms with van der Waals surface area (Å²) in [5, 5.41) is 1.22. The van der Waals surface area contributed by atoms with Gasteiger partial charge in [-0.25, -0.2) is 9.97 Å². The van der Waals surface area contributed by atoms with Crippen molar-refractivity contribution in [2.75, 3.05) is 12.4 Å². The van der Waals surface area contributed by atoms with Gasteiger partial charge < -0.3 is 4.74 Å². The molecule has 1 aliphatic rings. The number of rotatable bonds is 3. The maximum absolute atomic E-state index is 5.67. The maximum Gasteiger partial charge on any atom is 0.223 e. The Kier molecular flexibility index (Phi) is 3.61. The van der Waals surface area contributed by atoms with Gasteiger partial charge in [-0.3, -0.25) is 0 Å². The molecule has 1 aromatic rings. The Morgan fingerprint density at radius 1 is 1.64 bits per heavy atom. The lowest BCUT2D eigenvalue weighted by Crippen LogP contribution is -2.07. The van der Waals surface area contributed by atoms with E-state index in [1.54, 1.807) is 18.0 Å². The van der Waals surface area contributed by atoms with Crippen LogP contribution in [0.15, 0.2) is 17.3 Å². The van der Waals surface area contributed by atoms with Gasteiger partial charge in [0.15, 0.2) is 0 Å². The Morgan fingerprint density at radius 3 is 3.29 bits per heavy atom. The molecule has 5 heteroatoms. The Balaban J connectivity index is 1.85. The van der Waals surface area contributed by atoms with Crippen molar-refractivity contribution >= 4 is 23.4 Å². The van der Waals surface area contributed by atoms with Crippen molar-refractivity contribution in [2.45, 2.75) is 24.0 Å². The van der Waals surface area contributed by atoms with Crippen LogP contribution in [0.5, 0.6) is 0 Å². The fraction of sp³-hybridized carbons (Fsp3) is 0.556. The highest BCUT2D eigenvalue weighted by atomic mass is 35.5. The van der Waals surface area contributed by atoms with Crippen LogP contribution in [-0.2, 0) is 4.74 Å². The number of thioether (sulfide) groups is 1. The molecule has 0 saturated carbocycles. The molecular weight excluding hydrogens is 220 g/mol. The van der Waals surface area contributed by atoms with Crippen LogP contribution in [0.3, 0.4) is 0 Å². The molecule has 1 unspecified atom stereocenters. The number of ether oxygens (including phenoxy) is 1. The van der Waals surface area contributed by atoms with Crippen molar-refractivity contribution in [3.05, 3.63) is 17.5 Å². The second-order valence-corrected chi connectivity index (χ2v) is 4.49. The Bertz CT molecular complexity index is 305. The van der Waals surface area contributed by atoms with E-state index in [2.05, 4.69) is 9.97 Å². The number of aromatic nitrogens is 2. The third-order valence-corrected chi connectivity index (χ3v) is 3.29. The lowest BCUT2D eigenvalue weighted by atomic mass is 10.3. The van der Waals surface area contributed by atoms with Crippen LogP contribution in [0, 0.1) is 0 Å². The molecule has 0 amide bonds. The third kappa shape index (κ3) is 2.83. The van der Waals surface area contributed by atoms with Crippen LogP contribution in [0.4, 0.5) is 0 Å². The fourth-order valence-electron chi connectivity index (χ4n) is 1.35. The van der Waals surface area contributed by atoms with Gasteiger partial charge in [-0.2, -0.15) is 0 Å². The van der Waals surface area contributed by atoms with Crippen molar-refractivity contribution in [2.24, 2.45) is 0 Å². The summed E-state index contributed by atoms with van der Waals surface area (Å²) in [4.78, 5) is 7.93. The van der Waals surface area contributed by atoms with Gasteiger partial charge in [0.05, 0.1) is 6.10 Å². The molecule has 0 aromatic carbocycles. The predicted octanol–water partition coefficient (Wildman–Crippen LogP) is 2.40. The van der Waals surface area contributed by atoms with Crippen LogP contribution in [0.25, 0.3) is 0 Å². The standard InChI is InChI=1S/C9H11ClN2OS/c10-9-11-4-3-8(12-9)14-6-7-2-1-5-13-7/h3-4,7H,1-2,5-6H2. The van der Waals surface area contributed by atoms with Gasteiger partial charge in [-0.15, -0.1) is 11.8 Å². The van der Waals surface area contributed by atoms with Crippen LogP contribution in [0.2, 0.25) is 5.28 Å². The van der Waals surface area contributed by atoms with E-state index < -0.39 is 0 Å². The van der Waals surface area contributed by atoms with E-state index in [4.69, 9.17) is 16.3 Å². The van der Waals surface area contributed by atoms with Gasteiger partial charge in [0.2, 0.25) is 5.28 Å². The van der Waals surface area contributed by atoms with E-state index >= 15 is 0 Å². The molecule has 1 atom stereocenters. The molecule has 1 saturated heterocycles. The minimum absolute atomic E-state index is 0.308. The predicted molar refractivity (Wildman–Crippen MR) is 56.7 cm³/mol. The maximum atomic E-state index is 5.67. The summed E-state index contributed by atoms with van der Waals surface area (Å²) in [6, 6.07) is 1.87. The molecule has 1 aromatic heterocycles. The molecule has 0 aliphatic carbocycles. The summed E-state index contributed by atoms with van der Waals surface area (Å²) >= 11 is 7.34. The minimum Gasteiger partial charge on any atom is -0.377 e. The van der Waals surface area contributed by atoms with Gasteiger partial charge in [-0.05, 0) is 30.5 Å². The van der Waals surface area contributed by atoms with Crippen LogP contribution in [-0.4, -0.2) is 28.4 Å². The van der Waals surface area contributed by atoms with E-state index in [9.17, 15) is 0 Å². The highest BCUT2D eigenvalue weighted by Crippen LogP contribution is 2.22. The Labute approximate surface area is 92.2 Å². The molecule has 0 N–H and O–H groups in total. The zero-order chi connectivity index (χ0) is 9.80. The van der Waals surface area contributed by atoms with Crippen molar-refractivity contribution in [3.8, 4) is 0 Å². The van der Waals surface area contributed by atoms with E-state index in [1.807, 2.05) is 6.07 Å². The molecule has 0 spiro atoms. The molecule has 1 aliphatic heterocycles. The van der Waals surface area contributed by atoms with Gasteiger partial charge >= 0.3 is 0 Å². The molecule has 0 bridgehead atoms. The van der Waals surface area contributed by atoms with Gasteiger partial charge in [-0.1, -0.05) is 0 Å². The Hall–Kier alpha value is -0.320. The first-order valence-electron chi connectivity index (χ1n) is 4.57. The SMILES string of the molecule is Clc1nccc(SCC2CCCO2)n1. The molecule has 1 fully saturated rings. The normalized spacial score (nSPS) is 21.4. The first-order chi connectivity index (χ1) is 6.84. The average Bonchev–Trinajstić information content (AvgIpc) is 2.67. The minimum atomic E-state index is 0.308. The molecular formula is C9H11ClN2OS. The lowest BCUT2D eigenvalue weighted by molar-refractivity contribution is 0.129. The zero-order valence-electron chi connectivity index (χ0n) is 7.65. The third-order valence-electron chi connectivity index (χ3n) is 2.04. The van der Waals surface area contributed by atoms with Crippen molar-refractivity contribution < 1.29 is 4.74 Å². The summed E-state index contributed by atoms with van der Waals surface area (Å²) in [6.45, 7) is 0.899. The van der Waals surface area contributed by atoms with E-state index in [-0.39, 0.29) is 0 Å². The molecule has 0 radical (unpaired) electrons. The van der Waals surface area contributed by atoms with Gasteiger partial charge in [0.25, 0.3) is 0 Å². The van der Waals surface area contributed by atoms with Crippen LogP contribution < -0.4 is 0 Å². The van der Waals surface area contributed by atoms with E-state index in [1.165, 1.54) is 6.42 Å². The summed E-state index contributed by atoms with van der Waals surface area (Å²) in [5.74, 6) is 0.952. The first kappa shape index (κ1) is 10.2. The summed E-state index contributed by atoms with van der Waals surface area (Å²) < 4.78 is 5.51. The van der Waals surface area contributed by atoms with Crippen LogP contribution >= 0.6 is 23.4 Å². The second kappa shape index (κ2) is 4.96. The van der Waals surface area contributed by atoms with Crippen LogP contribution in [0.1, 0.15) is 12.8 Å². The Morgan fingerprint density at radius 2 is 2.57 bits per heavy atom. The monoisotopic (exact) mass is 230 g/mol.